The number of carbonyl (C=O) groups is 2. The molecule has 0 bridgehead atoms. The average molecular weight is 512 g/mol. The van der Waals surface area contributed by atoms with E-state index in [4.69, 9.17) is 14.2 Å². The van der Waals surface area contributed by atoms with Gasteiger partial charge in [-0.2, -0.15) is 5.10 Å². The molecule has 0 aliphatic rings. The van der Waals surface area contributed by atoms with Gasteiger partial charge in [0.1, 0.15) is 23.8 Å². The van der Waals surface area contributed by atoms with Crippen molar-refractivity contribution in [3.05, 3.63) is 78.4 Å². The highest BCUT2D eigenvalue weighted by Crippen LogP contribution is 2.35. The van der Waals surface area contributed by atoms with Crippen molar-refractivity contribution < 1.29 is 32.2 Å². The SMILES string of the molecule is COc1ccc(OC)c(N(CC(=O)N/N=C\c2ccc(OC(C)=O)cc2)S(=O)(=O)c2ccccc2)c1. The van der Waals surface area contributed by atoms with Crippen molar-refractivity contribution in [2.45, 2.75) is 11.8 Å². The Kier molecular flexibility index (Phi) is 8.63. The molecule has 1 amide bonds. The highest BCUT2D eigenvalue weighted by atomic mass is 32.2. The molecule has 188 valence electrons. The minimum absolute atomic E-state index is 0.000885. The molecule has 0 aliphatic heterocycles. The first kappa shape index (κ1) is 26.2. The number of hydrogen-bond donors (Lipinski definition) is 1. The van der Waals surface area contributed by atoms with Crippen molar-refractivity contribution in [1.29, 1.82) is 0 Å². The third kappa shape index (κ3) is 6.60. The van der Waals surface area contributed by atoms with E-state index in [0.717, 1.165) is 4.31 Å². The Bertz CT molecular complexity index is 1340. The summed E-state index contributed by atoms with van der Waals surface area (Å²) >= 11 is 0. The Morgan fingerprint density at radius 3 is 2.22 bits per heavy atom. The third-order valence-electron chi connectivity index (χ3n) is 4.82. The maximum atomic E-state index is 13.5. The summed E-state index contributed by atoms with van der Waals surface area (Å²) < 4.78 is 43.5. The van der Waals surface area contributed by atoms with Crippen molar-refractivity contribution in [3.8, 4) is 17.2 Å². The molecular formula is C25H25N3O7S. The van der Waals surface area contributed by atoms with Crippen LogP contribution in [0.15, 0.2) is 82.8 Å². The lowest BCUT2D eigenvalue weighted by Gasteiger charge is -2.25. The van der Waals surface area contributed by atoms with Crippen LogP contribution in [-0.4, -0.2) is 47.3 Å². The van der Waals surface area contributed by atoms with E-state index >= 15 is 0 Å². The van der Waals surface area contributed by atoms with E-state index < -0.39 is 28.4 Å². The van der Waals surface area contributed by atoms with Gasteiger partial charge >= 0.3 is 5.97 Å². The molecule has 0 saturated carbocycles. The Hall–Kier alpha value is -4.38. The molecule has 0 saturated heterocycles. The number of ether oxygens (including phenoxy) is 3. The van der Waals surface area contributed by atoms with Crippen molar-refractivity contribution in [2.24, 2.45) is 5.10 Å². The van der Waals surface area contributed by atoms with E-state index in [1.165, 1.54) is 45.6 Å². The van der Waals surface area contributed by atoms with Gasteiger partial charge in [0.15, 0.2) is 0 Å². The molecule has 10 nitrogen and oxygen atoms in total. The molecule has 36 heavy (non-hydrogen) atoms. The topological polar surface area (TPSA) is 124 Å². The highest BCUT2D eigenvalue weighted by molar-refractivity contribution is 7.92. The van der Waals surface area contributed by atoms with Crippen LogP contribution in [0.3, 0.4) is 0 Å². The van der Waals surface area contributed by atoms with Crippen LogP contribution >= 0.6 is 0 Å². The number of methoxy groups -OCH3 is 2. The van der Waals surface area contributed by atoms with Gasteiger partial charge in [-0.3, -0.25) is 13.9 Å². The van der Waals surface area contributed by atoms with Gasteiger partial charge in [-0.15, -0.1) is 0 Å². The first-order valence-corrected chi connectivity index (χ1v) is 12.1. The second-order valence-corrected chi connectivity index (χ2v) is 9.18. The number of sulfonamides is 1. The fourth-order valence-electron chi connectivity index (χ4n) is 3.14. The lowest BCUT2D eigenvalue weighted by atomic mass is 10.2. The van der Waals surface area contributed by atoms with E-state index in [1.807, 2.05) is 0 Å². The predicted molar refractivity (Wildman–Crippen MR) is 134 cm³/mol. The highest BCUT2D eigenvalue weighted by Gasteiger charge is 2.29. The van der Waals surface area contributed by atoms with Crippen LogP contribution in [0.25, 0.3) is 0 Å². The number of amides is 1. The van der Waals surface area contributed by atoms with E-state index in [2.05, 4.69) is 10.5 Å². The molecule has 0 atom stereocenters. The molecule has 0 unspecified atom stereocenters. The smallest absolute Gasteiger partial charge is 0.308 e. The second kappa shape index (κ2) is 11.8. The zero-order valence-electron chi connectivity index (χ0n) is 19.9. The predicted octanol–water partition coefficient (Wildman–Crippen LogP) is 2.97. The number of benzene rings is 3. The van der Waals surface area contributed by atoms with Gasteiger partial charge in [0.25, 0.3) is 15.9 Å². The first-order valence-electron chi connectivity index (χ1n) is 10.6. The molecular weight excluding hydrogens is 486 g/mol. The Balaban J connectivity index is 1.85. The van der Waals surface area contributed by atoms with E-state index in [1.54, 1.807) is 54.6 Å². The van der Waals surface area contributed by atoms with E-state index in [9.17, 15) is 18.0 Å². The van der Waals surface area contributed by atoms with Gasteiger partial charge in [-0.1, -0.05) is 18.2 Å². The number of hydrogen-bond acceptors (Lipinski definition) is 8. The number of nitrogens with one attached hydrogen (secondary N) is 1. The molecule has 3 aromatic carbocycles. The standard InChI is InChI=1S/C25H25N3O7S/c1-18(29)35-20-11-9-19(10-12-20)16-26-27-25(30)17-28(36(31,32)22-7-5-4-6-8-22)23-15-21(33-2)13-14-24(23)34-3/h4-16H,17H2,1-3H3,(H,27,30)/b26-16-. The van der Waals surface area contributed by atoms with Crippen molar-refractivity contribution >= 4 is 33.8 Å². The molecule has 3 aromatic rings. The third-order valence-corrected chi connectivity index (χ3v) is 6.59. The Labute approximate surface area is 209 Å². The number of esters is 1. The van der Waals surface area contributed by atoms with Crippen LogP contribution in [0.1, 0.15) is 12.5 Å². The number of rotatable bonds is 10. The summed E-state index contributed by atoms with van der Waals surface area (Å²) in [5.41, 5.74) is 3.08. The van der Waals surface area contributed by atoms with Gasteiger partial charge in [-0.05, 0) is 54.1 Å². The van der Waals surface area contributed by atoms with Crippen LogP contribution in [0.5, 0.6) is 17.2 Å². The average Bonchev–Trinajstić information content (AvgIpc) is 2.88. The summed E-state index contributed by atoms with van der Waals surface area (Å²) in [6.07, 6.45) is 1.37. The number of hydrazone groups is 1. The molecule has 0 spiro atoms. The molecule has 0 heterocycles. The minimum Gasteiger partial charge on any atom is -0.497 e. The van der Waals surface area contributed by atoms with E-state index in [-0.39, 0.29) is 16.3 Å². The summed E-state index contributed by atoms with van der Waals surface area (Å²) in [6.45, 7) is 0.719. The molecule has 3 rings (SSSR count). The van der Waals surface area contributed by atoms with Gasteiger partial charge in [0, 0.05) is 13.0 Å². The van der Waals surface area contributed by atoms with Crippen LogP contribution in [0, 0.1) is 0 Å². The maximum absolute atomic E-state index is 13.5. The number of nitrogens with zero attached hydrogens (tertiary/aromatic N) is 2. The monoisotopic (exact) mass is 511 g/mol. The van der Waals surface area contributed by atoms with Crippen molar-refractivity contribution in [1.82, 2.24) is 5.43 Å². The normalized spacial score (nSPS) is 11.1. The quantitative estimate of drug-likeness (QED) is 0.192. The van der Waals surface area contributed by atoms with E-state index in [0.29, 0.717) is 17.1 Å². The summed E-state index contributed by atoms with van der Waals surface area (Å²) in [7, 11) is -1.31. The fraction of sp³-hybridized carbons (Fsp3) is 0.160. The minimum atomic E-state index is -4.16. The van der Waals surface area contributed by atoms with Gasteiger partial charge in [-0.25, -0.2) is 13.8 Å². The zero-order valence-corrected chi connectivity index (χ0v) is 20.7. The van der Waals surface area contributed by atoms with Gasteiger partial charge < -0.3 is 14.2 Å². The summed E-state index contributed by atoms with van der Waals surface area (Å²) in [6, 6.07) is 18.8. The Morgan fingerprint density at radius 2 is 1.61 bits per heavy atom. The van der Waals surface area contributed by atoms with Gasteiger partial charge in [0.05, 0.1) is 31.0 Å². The van der Waals surface area contributed by atoms with Gasteiger partial charge in [0.2, 0.25) is 0 Å². The maximum Gasteiger partial charge on any atom is 0.308 e. The molecule has 0 aliphatic carbocycles. The van der Waals surface area contributed by atoms with Crippen LogP contribution < -0.4 is 23.9 Å². The molecule has 0 radical (unpaired) electrons. The number of anilines is 1. The van der Waals surface area contributed by atoms with Crippen molar-refractivity contribution in [3.63, 3.8) is 0 Å². The molecule has 0 aromatic heterocycles. The summed E-state index contributed by atoms with van der Waals surface area (Å²) in [4.78, 5) is 23.8. The van der Waals surface area contributed by atoms with Crippen LogP contribution in [0.4, 0.5) is 5.69 Å². The lowest BCUT2D eigenvalue weighted by Crippen LogP contribution is -2.39. The molecule has 0 fully saturated rings. The second-order valence-electron chi connectivity index (χ2n) is 7.32. The van der Waals surface area contributed by atoms with Crippen molar-refractivity contribution in [2.75, 3.05) is 25.1 Å². The first-order chi connectivity index (χ1) is 17.2. The van der Waals surface area contributed by atoms with Crippen LogP contribution in [-0.2, 0) is 19.6 Å². The fourth-order valence-corrected chi connectivity index (χ4v) is 4.59. The molecule has 1 N–H and O–H groups in total. The number of carbonyl (C=O) groups excluding carboxylic acids is 2. The summed E-state index contributed by atoms with van der Waals surface area (Å²) in [5, 5.41) is 3.90. The Morgan fingerprint density at radius 1 is 0.944 bits per heavy atom. The molecule has 11 heteroatoms. The lowest BCUT2D eigenvalue weighted by molar-refractivity contribution is -0.131. The summed E-state index contributed by atoms with van der Waals surface area (Å²) in [5.74, 6) is -0.134. The van der Waals surface area contributed by atoms with Crippen LogP contribution in [0.2, 0.25) is 0 Å². The zero-order chi connectivity index (χ0) is 26.1. The largest absolute Gasteiger partial charge is 0.497 e.